The van der Waals surface area contributed by atoms with E-state index in [1.165, 1.54) is 6.20 Å². The van der Waals surface area contributed by atoms with Crippen LogP contribution in [0.1, 0.15) is 25.7 Å². The fraction of sp³-hybridized carbons (Fsp3) is 0.500. The minimum Gasteiger partial charge on any atom is -0.404 e. The second kappa shape index (κ2) is 12.3. The summed E-state index contributed by atoms with van der Waals surface area (Å²) in [6.45, 7) is 7.45. The highest BCUT2D eigenvalue weighted by atomic mass is 16.2. The molecule has 1 saturated carbocycles. The standard InChI is InChI=1S/C28H41N9O2/c1-20(32-27-21(17-29)16-24(28(39)34(4)5)37(27)22-8-6-7-9-22)31-25-11-10-23(18-30-25)35-12-14-36(15-13-35)26(38)19-33(2)3/h10-11,16-18,22H,1,6-9,12-15,19,29H2,2-5H3,(H,30,31)/b21-17-,32-27+. The number of nitrogens with two attached hydrogens (primary N) is 1. The number of hydrogen-bond acceptors (Lipinski definition) is 8. The van der Waals surface area contributed by atoms with Gasteiger partial charge in [0.05, 0.1) is 18.4 Å². The van der Waals surface area contributed by atoms with E-state index in [-0.39, 0.29) is 17.9 Å². The van der Waals surface area contributed by atoms with Crippen LogP contribution in [0.3, 0.4) is 0 Å². The molecule has 1 aliphatic carbocycles. The summed E-state index contributed by atoms with van der Waals surface area (Å²) >= 11 is 0. The van der Waals surface area contributed by atoms with Crippen LogP contribution < -0.4 is 16.0 Å². The molecule has 1 aromatic heterocycles. The normalized spacial score (nSPS) is 20.2. The van der Waals surface area contributed by atoms with Gasteiger partial charge >= 0.3 is 0 Å². The van der Waals surface area contributed by atoms with Gasteiger partial charge in [-0.3, -0.25) is 9.59 Å². The van der Waals surface area contributed by atoms with E-state index in [0.717, 1.165) is 44.5 Å². The van der Waals surface area contributed by atoms with Crippen LogP contribution >= 0.6 is 0 Å². The van der Waals surface area contributed by atoms with Gasteiger partial charge in [-0.2, -0.15) is 0 Å². The van der Waals surface area contributed by atoms with E-state index >= 15 is 0 Å². The Morgan fingerprint density at radius 2 is 1.85 bits per heavy atom. The van der Waals surface area contributed by atoms with E-state index < -0.39 is 0 Å². The van der Waals surface area contributed by atoms with Crippen LogP contribution in [0.25, 0.3) is 0 Å². The number of amides is 2. The average molecular weight is 536 g/mol. The molecule has 4 rings (SSSR count). The lowest BCUT2D eigenvalue weighted by molar-refractivity contribution is -0.132. The van der Waals surface area contributed by atoms with E-state index in [2.05, 4.69) is 21.8 Å². The predicted molar refractivity (Wildman–Crippen MR) is 155 cm³/mol. The second-order valence-corrected chi connectivity index (χ2v) is 10.7. The lowest BCUT2D eigenvalue weighted by Gasteiger charge is -2.36. The molecule has 0 atom stereocenters. The quantitative estimate of drug-likeness (QED) is 0.517. The molecule has 0 unspecified atom stereocenters. The fourth-order valence-corrected chi connectivity index (χ4v) is 5.24. The maximum Gasteiger partial charge on any atom is 0.270 e. The third-order valence-electron chi connectivity index (χ3n) is 7.24. The zero-order valence-corrected chi connectivity index (χ0v) is 23.6. The van der Waals surface area contributed by atoms with Gasteiger partial charge < -0.3 is 35.6 Å². The van der Waals surface area contributed by atoms with Crippen molar-refractivity contribution in [3.63, 3.8) is 0 Å². The number of aromatic nitrogens is 1. The molecule has 3 N–H and O–H groups in total. The topological polar surface area (TPSA) is 114 Å². The minimum absolute atomic E-state index is 0.0785. The van der Waals surface area contributed by atoms with Crippen LogP contribution in [0.15, 0.2) is 59.3 Å². The van der Waals surface area contributed by atoms with Crippen LogP contribution in [-0.4, -0.2) is 109 Å². The largest absolute Gasteiger partial charge is 0.404 e. The number of pyridine rings is 1. The molecule has 3 aliphatic rings. The van der Waals surface area contributed by atoms with Crippen molar-refractivity contribution in [3.05, 3.63) is 54.3 Å². The number of amidine groups is 1. The molecule has 2 fully saturated rings. The molecule has 11 nitrogen and oxygen atoms in total. The number of anilines is 2. The first kappa shape index (κ1) is 28.2. The summed E-state index contributed by atoms with van der Waals surface area (Å²) in [7, 11) is 7.31. The van der Waals surface area contributed by atoms with E-state index in [1.54, 1.807) is 19.0 Å². The minimum atomic E-state index is -0.0785. The SMILES string of the molecule is C=C(/N=C1\C(=C/N)C=C(C(=O)N(C)C)N1C1CCCC1)Nc1ccc(N2CCN(C(=O)CN(C)C)CC2)cn1. The third-order valence-corrected chi connectivity index (χ3v) is 7.24. The highest BCUT2D eigenvalue weighted by Gasteiger charge is 2.37. The first-order valence-corrected chi connectivity index (χ1v) is 13.5. The number of piperazine rings is 1. The van der Waals surface area contributed by atoms with E-state index in [1.807, 2.05) is 53.2 Å². The number of carbonyl (C=O) groups excluding carboxylic acids is 2. The molecule has 1 aromatic rings. The number of hydrogen-bond donors (Lipinski definition) is 2. The molecule has 1 saturated heterocycles. The van der Waals surface area contributed by atoms with Crippen LogP contribution in [0.2, 0.25) is 0 Å². The predicted octanol–water partition coefficient (Wildman–Crippen LogP) is 1.65. The molecule has 11 heteroatoms. The molecule has 0 spiro atoms. The lowest BCUT2D eigenvalue weighted by Crippen LogP contribution is -2.50. The van der Waals surface area contributed by atoms with E-state index in [0.29, 0.717) is 48.4 Å². The first-order valence-electron chi connectivity index (χ1n) is 13.5. The molecular formula is C28H41N9O2. The van der Waals surface area contributed by atoms with Crippen molar-refractivity contribution in [2.45, 2.75) is 31.7 Å². The Morgan fingerprint density at radius 1 is 1.15 bits per heavy atom. The van der Waals surface area contributed by atoms with E-state index in [9.17, 15) is 9.59 Å². The summed E-state index contributed by atoms with van der Waals surface area (Å²) in [6, 6.07) is 4.10. The van der Waals surface area contributed by atoms with Gasteiger partial charge in [0.25, 0.3) is 5.91 Å². The second-order valence-electron chi connectivity index (χ2n) is 10.7. The Kier molecular flexibility index (Phi) is 8.90. The van der Waals surface area contributed by atoms with Gasteiger partial charge in [0.2, 0.25) is 5.91 Å². The van der Waals surface area contributed by atoms with Gasteiger partial charge in [-0.05, 0) is 45.1 Å². The molecule has 210 valence electrons. The van der Waals surface area contributed by atoms with E-state index in [4.69, 9.17) is 10.7 Å². The number of rotatable bonds is 8. The molecular weight excluding hydrogens is 494 g/mol. The number of nitrogens with one attached hydrogen (secondary N) is 1. The Hall–Kier alpha value is -3.86. The summed E-state index contributed by atoms with van der Waals surface area (Å²) in [6.07, 6.45) is 9.36. The summed E-state index contributed by atoms with van der Waals surface area (Å²) in [5.41, 5.74) is 8.24. The van der Waals surface area contributed by atoms with Crippen molar-refractivity contribution in [2.24, 2.45) is 10.7 Å². The summed E-state index contributed by atoms with van der Waals surface area (Å²) in [5.74, 6) is 1.74. The van der Waals surface area contributed by atoms with Crippen molar-refractivity contribution in [1.82, 2.24) is 24.6 Å². The Balaban J connectivity index is 1.42. The maximum absolute atomic E-state index is 13.0. The van der Waals surface area contributed by atoms with Gasteiger partial charge in [-0.25, -0.2) is 9.98 Å². The highest BCUT2D eigenvalue weighted by Crippen LogP contribution is 2.34. The zero-order chi connectivity index (χ0) is 28.1. The zero-order valence-electron chi connectivity index (χ0n) is 23.6. The van der Waals surface area contributed by atoms with Crippen molar-refractivity contribution in [2.75, 3.05) is 71.1 Å². The number of aliphatic imine (C=N–C) groups is 1. The number of carbonyl (C=O) groups is 2. The Morgan fingerprint density at radius 3 is 2.41 bits per heavy atom. The van der Waals surface area contributed by atoms with Crippen molar-refractivity contribution < 1.29 is 9.59 Å². The summed E-state index contributed by atoms with van der Waals surface area (Å²) < 4.78 is 0. The Labute approximate surface area is 231 Å². The average Bonchev–Trinajstić information content (AvgIpc) is 3.56. The fourth-order valence-electron chi connectivity index (χ4n) is 5.24. The van der Waals surface area contributed by atoms with Gasteiger partial charge in [0.1, 0.15) is 23.2 Å². The van der Waals surface area contributed by atoms with Gasteiger partial charge in [0.15, 0.2) is 0 Å². The third kappa shape index (κ3) is 6.59. The van der Waals surface area contributed by atoms with Gasteiger partial charge in [0, 0.05) is 58.1 Å². The number of nitrogens with zero attached hydrogens (tertiary/aromatic N) is 7. The summed E-state index contributed by atoms with van der Waals surface area (Å²) in [5, 5.41) is 3.18. The first-order chi connectivity index (χ1) is 18.7. The molecule has 0 radical (unpaired) electrons. The van der Waals surface area contributed by atoms with Gasteiger partial charge in [-0.1, -0.05) is 19.4 Å². The highest BCUT2D eigenvalue weighted by molar-refractivity contribution is 6.12. The number of likely N-dealkylation sites (N-methyl/N-ethyl adjacent to an activating group) is 2. The smallest absolute Gasteiger partial charge is 0.270 e. The molecule has 2 amide bonds. The summed E-state index contributed by atoms with van der Waals surface area (Å²) in [4.78, 5) is 44.3. The van der Waals surface area contributed by atoms with Gasteiger partial charge in [-0.15, -0.1) is 0 Å². The molecule has 2 aliphatic heterocycles. The Bertz CT molecular complexity index is 1160. The van der Waals surface area contributed by atoms with Crippen LogP contribution in [0.5, 0.6) is 0 Å². The van der Waals surface area contributed by atoms with Crippen LogP contribution in [0.4, 0.5) is 11.5 Å². The molecule has 0 aromatic carbocycles. The molecule has 3 heterocycles. The van der Waals surface area contributed by atoms with Crippen molar-refractivity contribution >= 4 is 29.2 Å². The molecule has 39 heavy (non-hydrogen) atoms. The lowest BCUT2D eigenvalue weighted by atomic mass is 10.2. The monoisotopic (exact) mass is 535 g/mol. The van der Waals surface area contributed by atoms with Crippen molar-refractivity contribution in [3.8, 4) is 0 Å². The maximum atomic E-state index is 13.0. The van der Waals surface area contributed by atoms with Crippen molar-refractivity contribution in [1.29, 1.82) is 0 Å². The molecule has 0 bridgehead atoms. The van der Waals surface area contributed by atoms with Crippen LogP contribution in [-0.2, 0) is 9.59 Å². The van der Waals surface area contributed by atoms with Crippen LogP contribution in [0, 0.1) is 0 Å².